The van der Waals surface area contributed by atoms with Gasteiger partial charge < -0.3 is 10.1 Å². The predicted octanol–water partition coefficient (Wildman–Crippen LogP) is 2.07. The lowest BCUT2D eigenvalue weighted by atomic mass is 10.0. The van der Waals surface area contributed by atoms with Crippen LogP contribution in [0.15, 0.2) is 17.5 Å². The van der Waals surface area contributed by atoms with Crippen LogP contribution >= 0.6 is 11.3 Å². The van der Waals surface area contributed by atoms with Crippen LogP contribution in [0.4, 0.5) is 0 Å². The highest BCUT2D eigenvalue weighted by Crippen LogP contribution is 2.11. The minimum atomic E-state index is -0.574. The number of ether oxygens (including phenoxy) is 1. The lowest BCUT2D eigenvalue weighted by Gasteiger charge is -2.17. The molecule has 0 aliphatic rings. The number of carbonyl (C=O) groups excluding carboxylic acids is 2. The second-order valence-electron chi connectivity index (χ2n) is 4.16. The summed E-state index contributed by atoms with van der Waals surface area (Å²) in [5, 5.41) is 4.52. The molecule has 1 aromatic rings. The van der Waals surface area contributed by atoms with Crippen molar-refractivity contribution in [2.45, 2.75) is 26.3 Å². The molecule has 0 spiro atoms. The van der Waals surface area contributed by atoms with E-state index in [1.54, 1.807) is 12.1 Å². The zero-order valence-electron chi connectivity index (χ0n) is 10.2. The van der Waals surface area contributed by atoms with Crippen molar-refractivity contribution in [3.05, 3.63) is 22.4 Å². The van der Waals surface area contributed by atoms with E-state index < -0.39 is 12.0 Å². The Morgan fingerprint density at radius 1 is 1.47 bits per heavy atom. The van der Waals surface area contributed by atoms with E-state index in [2.05, 4.69) is 10.1 Å². The molecular formula is C12H17NO3S. The molecule has 0 bridgehead atoms. The Hall–Kier alpha value is -1.36. The molecule has 0 aliphatic heterocycles. The molecule has 17 heavy (non-hydrogen) atoms. The Balaban J connectivity index is 2.66. The van der Waals surface area contributed by atoms with E-state index in [0.717, 1.165) is 0 Å². The van der Waals surface area contributed by atoms with Crippen molar-refractivity contribution in [3.8, 4) is 0 Å². The van der Waals surface area contributed by atoms with Crippen molar-refractivity contribution in [2.75, 3.05) is 7.11 Å². The Bertz CT molecular complexity index is 373. The lowest BCUT2D eigenvalue weighted by molar-refractivity contribution is -0.143. The fourth-order valence-corrected chi connectivity index (χ4v) is 2.09. The van der Waals surface area contributed by atoms with Gasteiger partial charge >= 0.3 is 5.97 Å². The smallest absolute Gasteiger partial charge is 0.328 e. The van der Waals surface area contributed by atoms with Crippen LogP contribution in [0.2, 0.25) is 0 Å². The van der Waals surface area contributed by atoms with Gasteiger partial charge in [0.05, 0.1) is 12.0 Å². The molecule has 94 valence electrons. The van der Waals surface area contributed by atoms with Crippen LogP contribution in [0.25, 0.3) is 0 Å². The quantitative estimate of drug-likeness (QED) is 0.819. The first kappa shape index (κ1) is 13.7. The average Bonchev–Trinajstić information content (AvgIpc) is 2.79. The van der Waals surface area contributed by atoms with Crippen LogP contribution in [0.3, 0.4) is 0 Å². The van der Waals surface area contributed by atoms with Gasteiger partial charge in [0.1, 0.15) is 6.04 Å². The van der Waals surface area contributed by atoms with Gasteiger partial charge in [0, 0.05) is 0 Å². The monoisotopic (exact) mass is 255 g/mol. The molecule has 1 atom stereocenters. The summed E-state index contributed by atoms with van der Waals surface area (Å²) in [4.78, 5) is 23.9. The molecule has 0 aromatic carbocycles. The van der Waals surface area contributed by atoms with E-state index in [4.69, 9.17) is 0 Å². The second-order valence-corrected chi connectivity index (χ2v) is 5.10. The molecule has 1 rings (SSSR count). The second kappa shape index (κ2) is 6.39. The number of methoxy groups -OCH3 is 1. The molecule has 1 N–H and O–H groups in total. The third-order valence-corrected chi connectivity index (χ3v) is 3.11. The molecule has 0 aliphatic carbocycles. The number of carbonyl (C=O) groups is 2. The molecule has 1 amide bonds. The third kappa shape index (κ3) is 4.19. The lowest BCUT2D eigenvalue weighted by Crippen LogP contribution is -2.42. The van der Waals surface area contributed by atoms with Crippen LogP contribution in [-0.2, 0) is 9.53 Å². The summed E-state index contributed by atoms with van der Waals surface area (Å²) >= 11 is 1.35. The van der Waals surface area contributed by atoms with E-state index in [-0.39, 0.29) is 5.91 Å². The van der Waals surface area contributed by atoms with E-state index in [1.165, 1.54) is 18.4 Å². The standard InChI is InChI=1S/C12H17NO3S/c1-8(2)7-9(12(15)16-3)13-11(14)10-5-4-6-17-10/h4-6,8-9H,7H2,1-3H3,(H,13,14)/t9-/m1/s1. The zero-order chi connectivity index (χ0) is 12.8. The number of amides is 1. The summed E-state index contributed by atoms with van der Waals surface area (Å²) in [5.74, 6) is -0.317. The first-order valence-electron chi connectivity index (χ1n) is 5.46. The number of nitrogens with one attached hydrogen (secondary N) is 1. The molecule has 0 unspecified atom stereocenters. The molecule has 0 fully saturated rings. The summed E-state index contributed by atoms with van der Waals surface area (Å²) in [6, 6.07) is 2.95. The highest BCUT2D eigenvalue weighted by atomic mass is 32.1. The van der Waals surface area contributed by atoms with Crippen molar-refractivity contribution >= 4 is 23.2 Å². The molecule has 5 heteroatoms. The SMILES string of the molecule is COC(=O)[C@@H](CC(C)C)NC(=O)c1cccs1. The number of hydrogen-bond acceptors (Lipinski definition) is 4. The van der Waals surface area contributed by atoms with E-state index in [9.17, 15) is 9.59 Å². The Labute approximate surface area is 105 Å². The first-order valence-corrected chi connectivity index (χ1v) is 6.34. The topological polar surface area (TPSA) is 55.4 Å². The summed E-state index contributed by atoms with van der Waals surface area (Å²) < 4.78 is 4.68. The van der Waals surface area contributed by atoms with Crippen molar-refractivity contribution < 1.29 is 14.3 Å². The number of esters is 1. The van der Waals surface area contributed by atoms with Crippen LogP contribution in [-0.4, -0.2) is 25.0 Å². The van der Waals surface area contributed by atoms with E-state index >= 15 is 0 Å². The largest absolute Gasteiger partial charge is 0.467 e. The molecule has 0 saturated carbocycles. The highest BCUT2D eigenvalue weighted by molar-refractivity contribution is 7.12. The van der Waals surface area contributed by atoms with E-state index in [1.807, 2.05) is 19.2 Å². The van der Waals surface area contributed by atoms with Crippen LogP contribution in [0, 0.1) is 5.92 Å². The van der Waals surface area contributed by atoms with Gasteiger partial charge in [-0.1, -0.05) is 19.9 Å². The summed E-state index contributed by atoms with van der Waals surface area (Å²) in [6.45, 7) is 3.99. The van der Waals surface area contributed by atoms with Crippen LogP contribution in [0.5, 0.6) is 0 Å². The summed E-state index contributed by atoms with van der Waals surface area (Å²) in [7, 11) is 1.33. The molecule has 4 nitrogen and oxygen atoms in total. The van der Waals surface area contributed by atoms with E-state index in [0.29, 0.717) is 17.2 Å². The van der Waals surface area contributed by atoms with Gasteiger partial charge in [0.25, 0.3) is 5.91 Å². The molecule has 1 aromatic heterocycles. The summed E-state index contributed by atoms with van der Waals surface area (Å²) in [6.07, 6.45) is 0.573. The molecule has 1 heterocycles. The molecule has 0 radical (unpaired) electrons. The number of thiophene rings is 1. The fraction of sp³-hybridized carbons (Fsp3) is 0.500. The van der Waals surface area contributed by atoms with Gasteiger partial charge in [-0.2, -0.15) is 0 Å². The zero-order valence-corrected chi connectivity index (χ0v) is 11.0. The van der Waals surface area contributed by atoms with Crippen molar-refractivity contribution in [1.29, 1.82) is 0 Å². The van der Waals surface area contributed by atoms with Gasteiger partial charge in [-0.25, -0.2) is 4.79 Å². The maximum absolute atomic E-state index is 11.8. The van der Waals surface area contributed by atoms with Crippen LogP contribution < -0.4 is 5.32 Å². The highest BCUT2D eigenvalue weighted by Gasteiger charge is 2.23. The van der Waals surface area contributed by atoms with Gasteiger partial charge in [0.2, 0.25) is 0 Å². The summed E-state index contributed by atoms with van der Waals surface area (Å²) in [5.41, 5.74) is 0. The van der Waals surface area contributed by atoms with Crippen LogP contribution in [0.1, 0.15) is 29.9 Å². The third-order valence-electron chi connectivity index (χ3n) is 2.24. The molecular weight excluding hydrogens is 238 g/mol. The maximum atomic E-state index is 11.8. The maximum Gasteiger partial charge on any atom is 0.328 e. The Kier molecular flexibility index (Phi) is 5.15. The minimum absolute atomic E-state index is 0.226. The Morgan fingerprint density at radius 2 is 2.18 bits per heavy atom. The van der Waals surface area contributed by atoms with Gasteiger partial charge in [-0.3, -0.25) is 4.79 Å². The van der Waals surface area contributed by atoms with Gasteiger partial charge in [-0.05, 0) is 23.8 Å². The van der Waals surface area contributed by atoms with Crippen molar-refractivity contribution in [2.24, 2.45) is 5.92 Å². The van der Waals surface area contributed by atoms with Gasteiger partial charge in [0.15, 0.2) is 0 Å². The normalized spacial score (nSPS) is 12.2. The average molecular weight is 255 g/mol. The number of hydrogen-bond donors (Lipinski definition) is 1. The van der Waals surface area contributed by atoms with Gasteiger partial charge in [-0.15, -0.1) is 11.3 Å². The Morgan fingerprint density at radius 3 is 2.65 bits per heavy atom. The fourth-order valence-electron chi connectivity index (χ4n) is 1.46. The first-order chi connectivity index (χ1) is 8.04. The molecule has 0 saturated heterocycles. The predicted molar refractivity (Wildman–Crippen MR) is 67.0 cm³/mol. The number of rotatable bonds is 5. The van der Waals surface area contributed by atoms with Crippen molar-refractivity contribution in [1.82, 2.24) is 5.32 Å². The van der Waals surface area contributed by atoms with Crippen molar-refractivity contribution in [3.63, 3.8) is 0 Å². The minimum Gasteiger partial charge on any atom is -0.467 e.